The summed E-state index contributed by atoms with van der Waals surface area (Å²) in [5, 5.41) is 0. The van der Waals surface area contributed by atoms with Gasteiger partial charge in [0.15, 0.2) is 0 Å². The first kappa shape index (κ1) is 7.30. The highest BCUT2D eigenvalue weighted by atomic mass is 32.2. The molecule has 0 bridgehead atoms. The monoisotopic (exact) mass is 143 g/mol. The first-order chi connectivity index (χ1) is 3.06. The van der Waals surface area contributed by atoms with Gasteiger partial charge in [-0.1, -0.05) is 0 Å². The third-order valence-corrected chi connectivity index (χ3v) is 2.39. The molecule has 4 nitrogen and oxygen atoms in total. The molecule has 3 N–H and O–H groups in total. The van der Waals surface area contributed by atoms with Crippen LogP contribution in [0.25, 0.3) is 0 Å². The van der Waals surface area contributed by atoms with Crippen molar-refractivity contribution in [1.29, 1.82) is 0 Å². The van der Waals surface area contributed by atoms with Crippen molar-refractivity contribution in [3.63, 3.8) is 0 Å². The highest BCUT2D eigenvalue weighted by Crippen LogP contribution is 1.98. The number of rotatable bonds is 2. The summed E-state index contributed by atoms with van der Waals surface area (Å²) in [4.78, 5) is 0. The molecule has 0 spiro atoms. The Morgan fingerprint density at radius 3 is 2.14 bits per heavy atom. The smallest absolute Gasteiger partial charge is 0.269 e. The molecule has 0 saturated heterocycles. The van der Waals surface area contributed by atoms with E-state index in [4.69, 9.17) is 10.1 Å². The van der Waals surface area contributed by atoms with Crippen molar-refractivity contribution in [3.8, 4) is 0 Å². The Hall–Kier alpha value is 0.300. The second-order valence-corrected chi connectivity index (χ2v) is 3.66. The van der Waals surface area contributed by atoms with Crippen molar-refractivity contribution in [1.82, 2.24) is 0 Å². The van der Waals surface area contributed by atoms with E-state index < -0.39 is 10.1 Å². The Morgan fingerprint density at radius 2 is 2.14 bits per heavy atom. The van der Waals surface area contributed by atoms with E-state index in [1.807, 2.05) is 0 Å². The molecule has 0 saturated carbocycles. The minimum atomic E-state index is -3.79. The summed E-state index contributed by atoms with van der Waals surface area (Å²) in [6.07, 6.45) is 0. The van der Waals surface area contributed by atoms with Gasteiger partial charge in [-0.3, -0.25) is 4.55 Å². The van der Waals surface area contributed by atoms with E-state index in [1.54, 1.807) is 0 Å². The van der Waals surface area contributed by atoms with Gasteiger partial charge in [0.05, 0.1) is 0 Å². The third-order valence-electron chi connectivity index (χ3n) is 0.266. The zero-order valence-electron chi connectivity index (χ0n) is 3.46. The van der Waals surface area contributed by atoms with Gasteiger partial charge in [0.1, 0.15) is 5.49 Å². The van der Waals surface area contributed by atoms with Crippen LogP contribution in [0.2, 0.25) is 0 Å². The van der Waals surface area contributed by atoms with Gasteiger partial charge in [-0.15, -0.1) is 0 Å². The van der Waals surface area contributed by atoms with E-state index in [2.05, 4.69) is 0 Å². The van der Waals surface area contributed by atoms with Crippen molar-refractivity contribution in [3.05, 3.63) is 0 Å². The van der Waals surface area contributed by atoms with Gasteiger partial charge in [-0.2, -0.15) is 8.42 Å². The molecule has 6 heteroatoms. The van der Waals surface area contributed by atoms with Crippen molar-refractivity contribution in [2.45, 2.75) is 0 Å². The normalized spacial score (nSPS) is 13.4. The van der Waals surface area contributed by atoms with E-state index in [9.17, 15) is 8.42 Å². The molecule has 0 aromatic carbocycles. The highest BCUT2D eigenvalue weighted by Gasteiger charge is 1.98. The maximum absolute atomic E-state index is 9.71. The van der Waals surface area contributed by atoms with Crippen LogP contribution in [-0.2, 0) is 10.1 Å². The van der Waals surface area contributed by atoms with E-state index in [0.717, 1.165) is 0 Å². The molecule has 0 heterocycles. The van der Waals surface area contributed by atoms with E-state index in [-0.39, 0.29) is 14.2 Å². The fourth-order valence-electron chi connectivity index (χ4n) is 0.105. The topological polar surface area (TPSA) is 80.4 Å². The molecule has 0 aliphatic carbocycles. The zero-order chi connectivity index (χ0) is 5.91. The van der Waals surface area contributed by atoms with Crippen molar-refractivity contribution < 1.29 is 13.0 Å². The van der Waals surface area contributed by atoms with Crippen LogP contribution < -0.4 is 5.50 Å². The fraction of sp³-hybridized carbons (Fsp3) is 1.00. The summed E-state index contributed by atoms with van der Waals surface area (Å²) < 4.78 is 27.3. The van der Waals surface area contributed by atoms with Gasteiger partial charge in [-0.05, 0) is 8.73 Å². The van der Waals surface area contributed by atoms with E-state index in [0.29, 0.717) is 0 Å². The number of nitrogens with two attached hydrogens (primary N) is 1. The molecule has 44 valence electrons. The van der Waals surface area contributed by atoms with Gasteiger partial charge in [0.25, 0.3) is 10.1 Å². The Bertz CT molecular complexity index is 128. The molecule has 0 aliphatic rings. The summed E-state index contributed by atoms with van der Waals surface area (Å²) in [7, 11) is -4.02. The predicted molar refractivity (Wildman–Crippen MR) is 28.9 cm³/mol. The summed E-state index contributed by atoms with van der Waals surface area (Å²) in [5.41, 5.74) is 4.48. The number of hydrogen-bond donors (Lipinski definition) is 2. The molecule has 1 atom stereocenters. The molecule has 0 rings (SSSR count). The van der Waals surface area contributed by atoms with Crippen molar-refractivity contribution in [2.24, 2.45) is 5.50 Å². The standard InChI is InChI=1S/CH6NO3PS/c2-6-1-7(3,4)5/h6H,1-2H2,(H,3,4,5). The van der Waals surface area contributed by atoms with Crippen LogP contribution in [0.15, 0.2) is 0 Å². The van der Waals surface area contributed by atoms with Gasteiger partial charge < -0.3 is 5.50 Å². The SMILES string of the molecule is NPCS(=O)(=O)O. The third kappa shape index (κ3) is 6.30. The first-order valence-corrected chi connectivity index (χ1v) is 4.34. The van der Waals surface area contributed by atoms with Crippen LogP contribution >= 0.6 is 8.73 Å². The lowest BCUT2D eigenvalue weighted by atomic mass is 11.9. The van der Waals surface area contributed by atoms with Gasteiger partial charge in [-0.25, -0.2) is 0 Å². The lowest BCUT2D eigenvalue weighted by molar-refractivity contribution is 0.489. The van der Waals surface area contributed by atoms with E-state index >= 15 is 0 Å². The van der Waals surface area contributed by atoms with E-state index in [1.165, 1.54) is 0 Å². The second-order valence-electron chi connectivity index (χ2n) is 0.930. The van der Waals surface area contributed by atoms with Crippen molar-refractivity contribution >= 4 is 18.8 Å². The molecule has 0 aliphatic heterocycles. The maximum Gasteiger partial charge on any atom is 0.269 e. The van der Waals surface area contributed by atoms with Crippen LogP contribution in [0, 0.1) is 0 Å². The Morgan fingerprint density at radius 1 is 1.71 bits per heavy atom. The van der Waals surface area contributed by atoms with Crippen LogP contribution in [0.5, 0.6) is 0 Å². The summed E-state index contributed by atoms with van der Waals surface area (Å²) in [6.45, 7) is 0. The first-order valence-electron chi connectivity index (χ1n) is 1.45. The second kappa shape index (κ2) is 2.57. The minimum Gasteiger partial charge on any atom is -0.311 e. The quantitative estimate of drug-likeness (QED) is 0.399. The molecule has 0 aromatic rings. The lowest BCUT2D eigenvalue weighted by Crippen LogP contribution is -1.99. The summed E-state index contributed by atoms with van der Waals surface area (Å²) in [5.74, 6) is 0. The molecular formula is CH6NO3PS. The largest absolute Gasteiger partial charge is 0.311 e. The maximum atomic E-state index is 9.71. The number of hydrogen-bond acceptors (Lipinski definition) is 3. The van der Waals surface area contributed by atoms with Crippen LogP contribution in [-0.4, -0.2) is 18.5 Å². The van der Waals surface area contributed by atoms with Gasteiger partial charge >= 0.3 is 0 Å². The molecule has 0 fully saturated rings. The Labute approximate surface area is 43.7 Å². The van der Waals surface area contributed by atoms with Crippen molar-refractivity contribution in [2.75, 3.05) is 5.49 Å². The fourth-order valence-corrected chi connectivity index (χ4v) is 0.948. The Balaban J connectivity index is 3.60. The molecule has 7 heavy (non-hydrogen) atoms. The van der Waals surface area contributed by atoms with Gasteiger partial charge in [0, 0.05) is 0 Å². The summed E-state index contributed by atoms with van der Waals surface area (Å²) >= 11 is 0. The Kier molecular flexibility index (Phi) is 2.68. The molecule has 0 amide bonds. The van der Waals surface area contributed by atoms with Crippen LogP contribution in [0.1, 0.15) is 0 Å². The van der Waals surface area contributed by atoms with Crippen LogP contribution in [0.4, 0.5) is 0 Å². The van der Waals surface area contributed by atoms with Gasteiger partial charge in [0.2, 0.25) is 0 Å². The summed E-state index contributed by atoms with van der Waals surface area (Å²) in [6, 6.07) is 0. The molecule has 0 aromatic heterocycles. The average molecular weight is 143 g/mol. The lowest BCUT2D eigenvalue weighted by Gasteiger charge is -1.86. The highest BCUT2D eigenvalue weighted by molar-refractivity contribution is 7.90. The minimum absolute atomic E-state index is 0.229. The van der Waals surface area contributed by atoms with Crippen LogP contribution in [0.3, 0.4) is 0 Å². The molecular weight excluding hydrogens is 137 g/mol. The predicted octanol–water partition coefficient (Wildman–Crippen LogP) is -0.616. The molecule has 1 unspecified atom stereocenters. The zero-order valence-corrected chi connectivity index (χ0v) is 5.27. The average Bonchev–Trinajstić information content (AvgIpc) is 1.30. The molecule has 0 radical (unpaired) electrons.